The number of non-ortho nitro benzene ring substituents is 1. The van der Waals surface area contributed by atoms with E-state index in [4.69, 9.17) is 0 Å². The standard InChI is InChI=1S/C12H15N5O4S/c1-9-7-15-11(6-13-14-15)8-16(9)22(20,21)12-4-2-10(3-5-12)17(18)19/h2-5,9,11H,6-8H2,1H3/t9-,11-/m0/s1. The Labute approximate surface area is 127 Å². The van der Waals surface area contributed by atoms with E-state index in [1.54, 1.807) is 0 Å². The molecule has 3 rings (SSSR count). The highest BCUT2D eigenvalue weighted by molar-refractivity contribution is 7.89. The maximum Gasteiger partial charge on any atom is 0.269 e. The molecule has 10 heteroatoms. The molecule has 0 radical (unpaired) electrons. The fourth-order valence-corrected chi connectivity index (χ4v) is 4.34. The van der Waals surface area contributed by atoms with E-state index in [-0.39, 0.29) is 22.7 Å². The summed E-state index contributed by atoms with van der Waals surface area (Å²) < 4.78 is 26.9. The lowest BCUT2D eigenvalue weighted by molar-refractivity contribution is -0.384. The van der Waals surface area contributed by atoms with E-state index in [0.29, 0.717) is 19.6 Å². The van der Waals surface area contributed by atoms with E-state index in [9.17, 15) is 18.5 Å². The van der Waals surface area contributed by atoms with Gasteiger partial charge in [0.25, 0.3) is 5.69 Å². The predicted octanol–water partition coefficient (Wildman–Crippen LogP) is 1.04. The van der Waals surface area contributed by atoms with Gasteiger partial charge in [-0.15, -0.1) is 0 Å². The van der Waals surface area contributed by atoms with Crippen molar-refractivity contribution in [3.63, 3.8) is 0 Å². The molecule has 0 unspecified atom stereocenters. The summed E-state index contributed by atoms with van der Waals surface area (Å²) >= 11 is 0. The van der Waals surface area contributed by atoms with Gasteiger partial charge in [0.05, 0.1) is 29.0 Å². The number of rotatable bonds is 3. The Hall–Kier alpha value is -2.07. The molecule has 1 aromatic carbocycles. The number of piperazine rings is 1. The second-order valence-corrected chi connectivity index (χ2v) is 7.25. The van der Waals surface area contributed by atoms with Crippen LogP contribution < -0.4 is 0 Å². The van der Waals surface area contributed by atoms with E-state index in [2.05, 4.69) is 10.3 Å². The SMILES string of the molecule is C[C@H]1CN2N=NC[C@H]2CN1S(=O)(=O)c1ccc([N+](=O)[O-])cc1. The van der Waals surface area contributed by atoms with Crippen LogP contribution in [0.3, 0.4) is 0 Å². The number of nitrogens with zero attached hydrogens (tertiary/aromatic N) is 5. The van der Waals surface area contributed by atoms with E-state index in [1.165, 1.54) is 28.6 Å². The molecule has 0 bridgehead atoms. The summed E-state index contributed by atoms with van der Waals surface area (Å²) in [6.07, 6.45) is 0. The molecule has 22 heavy (non-hydrogen) atoms. The van der Waals surface area contributed by atoms with Crippen LogP contribution in [-0.2, 0) is 10.0 Å². The molecule has 0 N–H and O–H groups in total. The summed E-state index contributed by atoms with van der Waals surface area (Å²) in [4.78, 5) is 10.2. The van der Waals surface area contributed by atoms with Gasteiger partial charge in [0.2, 0.25) is 10.0 Å². The monoisotopic (exact) mass is 325 g/mol. The normalized spacial score (nSPS) is 25.2. The number of nitro groups is 1. The zero-order chi connectivity index (χ0) is 15.9. The highest BCUT2D eigenvalue weighted by Crippen LogP contribution is 2.27. The van der Waals surface area contributed by atoms with Crippen molar-refractivity contribution in [3.8, 4) is 0 Å². The maximum absolute atomic E-state index is 12.7. The molecule has 9 nitrogen and oxygen atoms in total. The summed E-state index contributed by atoms with van der Waals surface area (Å²) in [5.41, 5.74) is -0.134. The summed E-state index contributed by atoms with van der Waals surface area (Å²) in [7, 11) is -3.69. The summed E-state index contributed by atoms with van der Waals surface area (Å²) in [6, 6.07) is 4.67. The van der Waals surface area contributed by atoms with Crippen LogP contribution in [0.4, 0.5) is 5.69 Å². The summed E-state index contributed by atoms with van der Waals surface area (Å²) in [5, 5.41) is 20.4. The minimum atomic E-state index is -3.69. The van der Waals surface area contributed by atoms with E-state index >= 15 is 0 Å². The number of nitro benzene ring substituents is 1. The van der Waals surface area contributed by atoms with Crippen LogP contribution in [-0.4, -0.2) is 54.4 Å². The highest BCUT2D eigenvalue weighted by atomic mass is 32.2. The third kappa shape index (κ3) is 2.44. The van der Waals surface area contributed by atoms with Crippen LogP contribution >= 0.6 is 0 Å². The van der Waals surface area contributed by atoms with Crippen molar-refractivity contribution in [2.45, 2.75) is 23.9 Å². The molecule has 0 aliphatic carbocycles. The van der Waals surface area contributed by atoms with Crippen LogP contribution in [0.15, 0.2) is 39.5 Å². The summed E-state index contributed by atoms with van der Waals surface area (Å²) in [6.45, 7) is 3.10. The molecule has 0 spiro atoms. The smallest absolute Gasteiger partial charge is 0.269 e. The van der Waals surface area contributed by atoms with Crippen molar-refractivity contribution in [1.82, 2.24) is 9.31 Å². The van der Waals surface area contributed by atoms with Crippen molar-refractivity contribution >= 4 is 15.7 Å². The molecule has 0 amide bonds. The topological polar surface area (TPSA) is 108 Å². The Morgan fingerprint density at radius 2 is 1.95 bits per heavy atom. The third-order valence-electron chi connectivity index (χ3n) is 3.88. The lowest BCUT2D eigenvalue weighted by Crippen LogP contribution is -2.56. The van der Waals surface area contributed by atoms with Gasteiger partial charge in [0, 0.05) is 24.7 Å². The molecule has 1 fully saturated rings. The molecule has 0 aromatic heterocycles. The third-order valence-corrected chi connectivity index (χ3v) is 5.87. The van der Waals surface area contributed by atoms with Gasteiger partial charge in [-0.05, 0) is 19.1 Å². The van der Waals surface area contributed by atoms with Gasteiger partial charge in [-0.2, -0.15) is 9.42 Å². The zero-order valence-corrected chi connectivity index (χ0v) is 12.7. The van der Waals surface area contributed by atoms with Crippen LogP contribution in [0.1, 0.15) is 6.92 Å². The molecule has 2 heterocycles. The van der Waals surface area contributed by atoms with Gasteiger partial charge in [-0.1, -0.05) is 5.22 Å². The fourth-order valence-electron chi connectivity index (χ4n) is 2.68. The predicted molar refractivity (Wildman–Crippen MR) is 76.7 cm³/mol. The van der Waals surface area contributed by atoms with Crippen molar-refractivity contribution in [2.24, 2.45) is 10.3 Å². The quantitative estimate of drug-likeness (QED) is 0.609. The first-order valence-electron chi connectivity index (χ1n) is 6.80. The fraction of sp³-hybridized carbons (Fsp3) is 0.500. The Bertz CT molecular complexity index is 718. The Morgan fingerprint density at radius 3 is 2.59 bits per heavy atom. The average molecular weight is 325 g/mol. The lowest BCUT2D eigenvalue weighted by atomic mass is 10.2. The van der Waals surface area contributed by atoms with Gasteiger partial charge in [0.15, 0.2) is 0 Å². The van der Waals surface area contributed by atoms with E-state index in [0.717, 1.165) is 0 Å². The molecular formula is C12H15N5O4S. The molecular weight excluding hydrogens is 310 g/mol. The van der Waals surface area contributed by atoms with Gasteiger partial charge in [-0.3, -0.25) is 15.1 Å². The molecule has 1 aromatic rings. The minimum absolute atomic E-state index is 0.0379. The minimum Gasteiger partial charge on any atom is -0.271 e. The van der Waals surface area contributed by atoms with Crippen LogP contribution in [0.5, 0.6) is 0 Å². The number of fused-ring (bicyclic) bond motifs is 1. The molecule has 118 valence electrons. The molecule has 0 saturated carbocycles. The maximum atomic E-state index is 12.7. The molecule has 2 aliphatic rings. The van der Waals surface area contributed by atoms with Gasteiger partial charge >= 0.3 is 0 Å². The first-order valence-corrected chi connectivity index (χ1v) is 8.24. The largest absolute Gasteiger partial charge is 0.271 e. The number of benzene rings is 1. The van der Waals surface area contributed by atoms with Crippen molar-refractivity contribution in [3.05, 3.63) is 34.4 Å². The van der Waals surface area contributed by atoms with Crippen LogP contribution in [0, 0.1) is 10.1 Å². The van der Waals surface area contributed by atoms with Crippen molar-refractivity contribution in [1.29, 1.82) is 0 Å². The van der Waals surface area contributed by atoms with Crippen molar-refractivity contribution < 1.29 is 13.3 Å². The molecule has 2 aliphatic heterocycles. The average Bonchev–Trinajstić information content (AvgIpc) is 2.93. The van der Waals surface area contributed by atoms with Crippen LogP contribution in [0.2, 0.25) is 0 Å². The number of hydrogen-bond donors (Lipinski definition) is 0. The number of sulfonamides is 1. The molecule has 1 saturated heterocycles. The van der Waals surface area contributed by atoms with Crippen LogP contribution in [0.25, 0.3) is 0 Å². The molecule has 2 atom stereocenters. The lowest BCUT2D eigenvalue weighted by Gasteiger charge is -2.39. The second kappa shape index (κ2) is 5.29. The van der Waals surface area contributed by atoms with Gasteiger partial charge in [0.1, 0.15) is 0 Å². The van der Waals surface area contributed by atoms with E-state index in [1.807, 2.05) is 11.9 Å². The van der Waals surface area contributed by atoms with Gasteiger partial charge in [-0.25, -0.2) is 8.42 Å². The Morgan fingerprint density at radius 1 is 1.27 bits per heavy atom. The summed E-state index contributed by atoms with van der Waals surface area (Å²) in [5.74, 6) is 0. The zero-order valence-electron chi connectivity index (χ0n) is 11.9. The Balaban J connectivity index is 1.87. The van der Waals surface area contributed by atoms with Gasteiger partial charge < -0.3 is 0 Å². The first-order chi connectivity index (χ1) is 10.4. The second-order valence-electron chi connectivity index (χ2n) is 5.36. The Kier molecular flexibility index (Phi) is 3.57. The first kappa shape index (κ1) is 14.9. The van der Waals surface area contributed by atoms with E-state index < -0.39 is 14.9 Å². The number of hydrogen-bond acceptors (Lipinski definition) is 7. The highest BCUT2D eigenvalue weighted by Gasteiger charge is 2.40. The van der Waals surface area contributed by atoms with Crippen molar-refractivity contribution in [2.75, 3.05) is 19.6 Å².